The van der Waals surface area contributed by atoms with Crippen LogP contribution in [0, 0.1) is 0 Å². The Morgan fingerprint density at radius 2 is 2.00 bits per heavy atom. The Hall–Kier alpha value is 0.320. The first-order valence-corrected chi connectivity index (χ1v) is 4.65. The zero-order chi connectivity index (χ0) is 7.82. The Morgan fingerprint density at radius 3 is 2.50 bits per heavy atom. The minimum atomic E-state index is 0.720. The Kier molecular flexibility index (Phi) is 7.66. The molecule has 0 amide bonds. The van der Waals surface area contributed by atoms with Crippen molar-refractivity contribution < 1.29 is 0 Å². The van der Waals surface area contributed by atoms with E-state index in [0.717, 1.165) is 31.0 Å². The Balaban J connectivity index is 3.30. The van der Waals surface area contributed by atoms with Gasteiger partial charge in [-0.1, -0.05) is 11.6 Å². The zero-order valence-corrected chi connectivity index (χ0v) is 7.88. The lowest BCUT2D eigenvalue weighted by Gasteiger charge is -1.96. The monoisotopic (exact) mass is 180 g/mol. The minimum absolute atomic E-state index is 0.720. The number of allylic oxidation sites excluding steroid dienone is 2. The fraction of sp³-hybridized carbons (Fsp3) is 0.750. The van der Waals surface area contributed by atoms with E-state index >= 15 is 0 Å². The molecule has 0 saturated carbocycles. The predicted octanol–water partition coefficient (Wildman–Crippen LogP) is 3.58. The molecule has 0 nitrogen and oxygen atoms in total. The largest absolute Gasteiger partial charge is 0.127 e. The topological polar surface area (TPSA) is 0 Å². The first-order chi connectivity index (χ1) is 4.81. The summed E-state index contributed by atoms with van der Waals surface area (Å²) < 4.78 is 0. The lowest BCUT2D eigenvalue weighted by Crippen LogP contribution is -1.80. The van der Waals surface area contributed by atoms with Gasteiger partial charge in [0.05, 0.1) is 0 Å². The standard InChI is InChI=1S/C8H14Cl2/c1-8(4-2-6-9)5-3-7-10/h4H,2-3,5-7H2,1H3/b8-4+. The average molecular weight is 181 g/mol. The molecule has 0 aromatic carbocycles. The van der Waals surface area contributed by atoms with Gasteiger partial charge < -0.3 is 0 Å². The number of rotatable bonds is 5. The van der Waals surface area contributed by atoms with Crippen molar-refractivity contribution in [2.24, 2.45) is 0 Å². The molecule has 0 aliphatic carbocycles. The molecule has 0 aromatic heterocycles. The van der Waals surface area contributed by atoms with E-state index in [9.17, 15) is 0 Å². The molecule has 60 valence electrons. The fourth-order valence-corrected chi connectivity index (χ4v) is 0.991. The summed E-state index contributed by atoms with van der Waals surface area (Å²) in [7, 11) is 0. The van der Waals surface area contributed by atoms with Crippen molar-refractivity contribution in [3.8, 4) is 0 Å². The highest BCUT2D eigenvalue weighted by atomic mass is 35.5. The van der Waals surface area contributed by atoms with Crippen LogP contribution < -0.4 is 0 Å². The summed E-state index contributed by atoms with van der Waals surface area (Å²) in [4.78, 5) is 0. The van der Waals surface area contributed by atoms with Crippen LogP contribution in [0.3, 0.4) is 0 Å². The highest BCUT2D eigenvalue weighted by Crippen LogP contribution is 2.05. The Labute approximate surface area is 73.2 Å². The summed E-state index contributed by atoms with van der Waals surface area (Å²) in [6, 6.07) is 0. The molecular formula is C8H14Cl2. The third kappa shape index (κ3) is 6.44. The SMILES string of the molecule is C/C(=C\CCCl)CCCCl. The molecule has 10 heavy (non-hydrogen) atoms. The van der Waals surface area contributed by atoms with E-state index in [0.29, 0.717) is 0 Å². The molecular weight excluding hydrogens is 167 g/mol. The highest BCUT2D eigenvalue weighted by Gasteiger charge is 1.87. The van der Waals surface area contributed by atoms with Crippen LogP contribution in [0.4, 0.5) is 0 Å². The van der Waals surface area contributed by atoms with E-state index in [-0.39, 0.29) is 0 Å². The molecule has 0 bridgehead atoms. The van der Waals surface area contributed by atoms with Gasteiger partial charge in [0.15, 0.2) is 0 Å². The van der Waals surface area contributed by atoms with Crippen molar-refractivity contribution in [3.63, 3.8) is 0 Å². The van der Waals surface area contributed by atoms with E-state index in [1.54, 1.807) is 0 Å². The lowest BCUT2D eigenvalue weighted by atomic mass is 10.1. The Bertz CT molecular complexity index is 97.4. The maximum absolute atomic E-state index is 5.53. The first-order valence-electron chi connectivity index (χ1n) is 3.58. The van der Waals surface area contributed by atoms with Crippen LogP contribution >= 0.6 is 23.2 Å². The first kappa shape index (κ1) is 10.3. The molecule has 0 radical (unpaired) electrons. The van der Waals surface area contributed by atoms with Gasteiger partial charge >= 0.3 is 0 Å². The van der Waals surface area contributed by atoms with E-state index < -0.39 is 0 Å². The van der Waals surface area contributed by atoms with Gasteiger partial charge in [0, 0.05) is 11.8 Å². The van der Waals surface area contributed by atoms with Gasteiger partial charge in [-0.25, -0.2) is 0 Å². The number of alkyl halides is 2. The molecule has 0 heterocycles. The van der Waals surface area contributed by atoms with Crippen LogP contribution in [0.25, 0.3) is 0 Å². The highest BCUT2D eigenvalue weighted by molar-refractivity contribution is 6.18. The van der Waals surface area contributed by atoms with Gasteiger partial charge in [0.2, 0.25) is 0 Å². The molecule has 2 heteroatoms. The maximum Gasteiger partial charge on any atom is 0.0258 e. The molecule has 0 spiro atoms. The smallest absolute Gasteiger partial charge is 0.0258 e. The molecule has 0 fully saturated rings. The molecule has 0 aliphatic heterocycles. The summed E-state index contributed by atoms with van der Waals surface area (Å²) >= 11 is 11.0. The summed E-state index contributed by atoms with van der Waals surface area (Å²) in [5, 5.41) is 0. The fourth-order valence-electron chi connectivity index (χ4n) is 0.749. The summed E-state index contributed by atoms with van der Waals surface area (Å²) in [6.07, 6.45) is 5.35. The second-order valence-corrected chi connectivity index (χ2v) is 3.08. The average Bonchev–Trinajstić information content (AvgIpc) is 1.97. The molecule has 0 N–H and O–H groups in total. The third-order valence-corrected chi connectivity index (χ3v) is 1.79. The van der Waals surface area contributed by atoms with E-state index in [1.807, 2.05) is 0 Å². The molecule has 0 saturated heterocycles. The molecule has 0 unspecified atom stereocenters. The number of hydrogen-bond donors (Lipinski definition) is 0. The summed E-state index contributed by atoms with van der Waals surface area (Å²) in [5.74, 6) is 1.48. The van der Waals surface area contributed by atoms with Gasteiger partial charge in [-0.05, 0) is 26.2 Å². The van der Waals surface area contributed by atoms with Crippen molar-refractivity contribution in [2.75, 3.05) is 11.8 Å². The van der Waals surface area contributed by atoms with Crippen LogP contribution in [-0.4, -0.2) is 11.8 Å². The Morgan fingerprint density at radius 1 is 1.30 bits per heavy atom. The van der Waals surface area contributed by atoms with E-state index in [2.05, 4.69) is 13.0 Å². The van der Waals surface area contributed by atoms with Gasteiger partial charge in [0.25, 0.3) is 0 Å². The molecule has 0 aromatic rings. The second-order valence-electron chi connectivity index (χ2n) is 2.32. The lowest BCUT2D eigenvalue weighted by molar-refractivity contribution is 0.902. The minimum Gasteiger partial charge on any atom is -0.127 e. The van der Waals surface area contributed by atoms with Crippen LogP contribution in [0.1, 0.15) is 26.2 Å². The maximum atomic E-state index is 5.53. The quantitative estimate of drug-likeness (QED) is 0.449. The third-order valence-electron chi connectivity index (χ3n) is 1.31. The van der Waals surface area contributed by atoms with Gasteiger partial charge in [-0.2, -0.15) is 0 Å². The van der Waals surface area contributed by atoms with Crippen LogP contribution in [-0.2, 0) is 0 Å². The van der Waals surface area contributed by atoms with Crippen LogP contribution in [0.5, 0.6) is 0 Å². The normalized spacial score (nSPS) is 12.1. The number of halogens is 2. The zero-order valence-electron chi connectivity index (χ0n) is 6.37. The summed E-state index contributed by atoms with van der Waals surface area (Å²) in [5.41, 5.74) is 1.40. The molecule has 0 atom stereocenters. The van der Waals surface area contributed by atoms with Crippen LogP contribution in [0.2, 0.25) is 0 Å². The van der Waals surface area contributed by atoms with Gasteiger partial charge in [0.1, 0.15) is 0 Å². The van der Waals surface area contributed by atoms with Crippen molar-refractivity contribution in [2.45, 2.75) is 26.2 Å². The molecule has 0 rings (SSSR count). The molecule has 0 aliphatic rings. The van der Waals surface area contributed by atoms with Crippen molar-refractivity contribution >= 4 is 23.2 Å². The van der Waals surface area contributed by atoms with Crippen molar-refractivity contribution in [1.29, 1.82) is 0 Å². The van der Waals surface area contributed by atoms with Gasteiger partial charge in [-0.15, -0.1) is 23.2 Å². The van der Waals surface area contributed by atoms with Gasteiger partial charge in [-0.3, -0.25) is 0 Å². The summed E-state index contributed by atoms with van der Waals surface area (Å²) in [6.45, 7) is 2.12. The van der Waals surface area contributed by atoms with E-state index in [4.69, 9.17) is 23.2 Å². The van der Waals surface area contributed by atoms with Crippen molar-refractivity contribution in [1.82, 2.24) is 0 Å². The predicted molar refractivity (Wildman–Crippen MR) is 49.0 cm³/mol. The van der Waals surface area contributed by atoms with Crippen LogP contribution in [0.15, 0.2) is 11.6 Å². The number of hydrogen-bond acceptors (Lipinski definition) is 0. The second kappa shape index (κ2) is 7.43. The van der Waals surface area contributed by atoms with E-state index in [1.165, 1.54) is 5.57 Å². The van der Waals surface area contributed by atoms with Crippen molar-refractivity contribution in [3.05, 3.63) is 11.6 Å².